The second kappa shape index (κ2) is 10.2. The molecule has 0 spiro atoms. The van der Waals surface area contributed by atoms with Crippen molar-refractivity contribution in [2.75, 3.05) is 62.0 Å². The SMILES string of the molecule is Cc1noc(C)c1-c1ccc2nc(N3CCN(S(C)(=O)=O)CC3)nc(N3CCOCC3c3ccccc3)c2c1. The van der Waals surface area contributed by atoms with E-state index in [0.29, 0.717) is 51.9 Å². The maximum absolute atomic E-state index is 12.1. The summed E-state index contributed by atoms with van der Waals surface area (Å²) in [5, 5.41) is 5.09. The Balaban J connectivity index is 1.47. The lowest BCUT2D eigenvalue weighted by Crippen LogP contribution is -2.49. The average Bonchev–Trinajstić information content (AvgIpc) is 3.29. The zero-order chi connectivity index (χ0) is 27.1. The fraction of sp³-hybridized carbons (Fsp3) is 0.393. The third-order valence-corrected chi connectivity index (χ3v) is 8.86. The number of rotatable bonds is 5. The molecule has 2 aromatic heterocycles. The molecule has 0 N–H and O–H groups in total. The summed E-state index contributed by atoms with van der Waals surface area (Å²) in [6.07, 6.45) is 1.26. The molecule has 2 aromatic carbocycles. The van der Waals surface area contributed by atoms with E-state index in [1.807, 2.05) is 44.2 Å². The van der Waals surface area contributed by atoms with Crippen molar-refractivity contribution < 1.29 is 17.7 Å². The van der Waals surface area contributed by atoms with Gasteiger partial charge in [-0.1, -0.05) is 41.6 Å². The lowest BCUT2D eigenvalue weighted by molar-refractivity contribution is 0.0939. The van der Waals surface area contributed by atoms with Gasteiger partial charge in [0.15, 0.2) is 0 Å². The average molecular weight is 549 g/mol. The third kappa shape index (κ3) is 4.97. The minimum absolute atomic E-state index is 0.00398. The summed E-state index contributed by atoms with van der Waals surface area (Å²) in [6.45, 7) is 7.57. The van der Waals surface area contributed by atoms with Crippen LogP contribution >= 0.6 is 0 Å². The number of ether oxygens (including phenoxy) is 1. The van der Waals surface area contributed by atoms with Crippen molar-refractivity contribution in [2.45, 2.75) is 19.9 Å². The van der Waals surface area contributed by atoms with Gasteiger partial charge in [-0.15, -0.1) is 0 Å². The number of fused-ring (bicyclic) bond motifs is 1. The Kier molecular flexibility index (Phi) is 6.74. The summed E-state index contributed by atoms with van der Waals surface area (Å²) in [7, 11) is -3.23. The topological polar surface area (TPSA) is 105 Å². The molecule has 39 heavy (non-hydrogen) atoms. The monoisotopic (exact) mass is 548 g/mol. The van der Waals surface area contributed by atoms with Gasteiger partial charge in [-0.05, 0) is 37.1 Å². The molecule has 2 fully saturated rings. The molecule has 4 aromatic rings. The fourth-order valence-electron chi connectivity index (χ4n) is 5.54. The third-order valence-electron chi connectivity index (χ3n) is 7.56. The van der Waals surface area contributed by atoms with E-state index in [2.05, 4.69) is 33.2 Å². The van der Waals surface area contributed by atoms with Crippen LogP contribution in [-0.2, 0) is 14.8 Å². The Labute approximate surface area is 228 Å². The molecular weight excluding hydrogens is 516 g/mol. The van der Waals surface area contributed by atoms with Gasteiger partial charge in [0, 0.05) is 43.7 Å². The molecule has 4 heterocycles. The number of anilines is 2. The number of nitrogens with zero attached hydrogens (tertiary/aromatic N) is 6. The molecule has 204 valence electrons. The predicted molar refractivity (Wildman–Crippen MR) is 150 cm³/mol. The van der Waals surface area contributed by atoms with Crippen LogP contribution in [0.5, 0.6) is 0 Å². The predicted octanol–water partition coefficient (Wildman–Crippen LogP) is 3.56. The number of morpholine rings is 1. The van der Waals surface area contributed by atoms with Crippen molar-refractivity contribution in [2.24, 2.45) is 0 Å². The Bertz CT molecular complexity index is 1580. The van der Waals surface area contributed by atoms with Crippen LogP contribution in [0.25, 0.3) is 22.0 Å². The van der Waals surface area contributed by atoms with Crippen LogP contribution in [0, 0.1) is 13.8 Å². The van der Waals surface area contributed by atoms with Crippen LogP contribution in [0.2, 0.25) is 0 Å². The molecule has 1 unspecified atom stereocenters. The highest BCUT2D eigenvalue weighted by atomic mass is 32.2. The van der Waals surface area contributed by atoms with E-state index in [4.69, 9.17) is 19.2 Å². The van der Waals surface area contributed by atoms with Crippen LogP contribution in [-0.4, -0.2) is 80.0 Å². The van der Waals surface area contributed by atoms with E-state index in [1.54, 1.807) is 0 Å². The second-order valence-electron chi connectivity index (χ2n) is 10.1. The van der Waals surface area contributed by atoms with Gasteiger partial charge in [0.2, 0.25) is 16.0 Å². The molecular formula is C28H32N6O4S. The molecule has 11 heteroatoms. The summed E-state index contributed by atoms with van der Waals surface area (Å²) in [6, 6.07) is 16.5. The quantitative estimate of drug-likeness (QED) is 0.370. The van der Waals surface area contributed by atoms with Crippen LogP contribution in [0.3, 0.4) is 0 Å². The molecule has 2 aliphatic heterocycles. The van der Waals surface area contributed by atoms with Crippen molar-refractivity contribution in [1.29, 1.82) is 0 Å². The van der Waals surface area contributed by atoms with Crippen molar-refractivity contribution in [3.05, 3.63) is 65.5 Å². The zero-order valence-electron chi connectivity index (χ0n) is 22.4. The number of hydrogen-bond donors (Lipinski definition) is 0. The first-order valence-electron chi connectivity index (χ1n) is 13.1. The highest BCUT2D eigenvalue weighted by Crippen LogP contribution is 2.37. The first-order valence-corrected chi connectivity index (χ1v) is 15.0. The number of aromatic nitrogens is 3. The van der Waals surface area contributed by atoms with Gasteiger partial charge in [-0.2, -0.15) is 9.29 Å². The molecule has 1 atom stereocenters. The summed E-state index contributed by atoms with van der Waals surface area (Å²) in [5.74, 6) is 2.21. The molecule has 0 saturated carbocycles. The largest absolute Gasteiger partial charge is 0.377 e. The number of hydrogen-bond acceptors (Lipinski definition) is 9. The van der Waals surface area contributed by atoms with Gasteiger partial charge >= 0.3 is 0 Å². The molecule has 0 amide bonds. The van der Waals surface area contributed by atoms with Crippen molar-refractivity contribution >= 4 is 32.7 Å². The number of aryl methyl sites for hydroxylation is 2. The van der Waals surface area contributed by atoms with Crippen LogP contribution in [0.15, 0.2) is 53.1 Å². The summed E-state index contributed by atoms with van der Waals surface area (Å²) < 4.78 is 37.0. The van der Waals surface area contributed by atoms with E-state index >= 15 is 0 Å². The second-order valence-corrected chi connectivity index (χ2v) is 12.1. The molecule has 2 aliphatic rings. The Morgan fingerprint density at radius 1 is 0.949 bits per heavy atom. The van der Waals surface area contributed by atoms with E-state index in [-0.39, 0.29) is 6.04 Å². The van der Waals surface area contributed by atoms with Gasteiger partial charge in [-0.25, -0.2) is 13.4 Å². The molecule has 0 radical (unpaired) electrons. The molecule has 6 rings (SSSR count). The van der Waals surface area contributed by atoms with Crippen LogP contribution in [0.1, 0.15) is 23.1 Å². The number of piperazine rings is 1. The van der Waals surface area contributed by atoms with Crippen molar-refractivity contribution in [3.8, 4) is 11.1 Å². The maximum Gasteiger partial charge on any atom is 0.227 e. The highest BCUT2D eigenvalue weighted by Gasteiger charge is 2.30. The minimum atomic E-state index is -3.23. The van der Waals surface area contributed by atoms with Crippen molar-refractivity contribution in [1.82, 2.24) is 19.4 Å². The van der Waals surface area contributed by atoms with Crippen LogP contribution < -0.4 is 9.80 Å². The smallest absolute Gasteiger partial charge is 0.227 e. The summed E-state index contributed by atoms with van der Waals surface area (Å²) >= 11 is 0. The van der Waals surface area contributed by atoms with Gasteiger partial charge in [0.1, 0.15) is 11.6 Å². The summed E-state index contributed by atoms with van der Waals surface area (Å²) in [4.78, 5) is 14.5. The van der Waals surface area contributed by atoms with E-state index < -0.39 is 10.0 Å². The van der Waals surface area contributed by atoms with E-state index in [0.717, 1.165) is 44.9 Å². The molecule has 0 bridgehead atoms. The lowest BCUT2D eigenvalue weighted by Gasteiger charge is -2.38. The van der Waals surface area contributed by atoms with Gasteiger partial charge < -0.3 is 19.1 Å². The van der Waals surface area contributed by atoms with E-state index in [1.165, 1.54) is 10.6 Å². The van der Waals surface area contributed by atoms with Crippen molar-refractivity contribution in [3.63, 3.8) is 0 Å². The standard InChI is InChI=1S/C28H32N6O4S/c1-19-26(20(2)38-31-19)22-9-10-24-23(17-22)27(34-15-16-37-18-25(34)21-7-5-4-6-8-21)30-28(29-24)32-11-13-33(14-12-32)39(3,35)36/h4-10,17,25H,11-16,18H2,1-3H3. The van der Waals surface area contributed by atoms with Gasteiger partial charge in [0.25, 0.3) is 0 Å². The Hall–Kier alpha value is -3.54. The Morgan fingerprint density at radius 2 is 1.72 bits per heavy atom. The summed E-state index contributed by atoms with van der Waals surface area (Å²) in [5.41, 5.74) is 4.81. The molecule has 2 saturated heterocycles. The van der Waals surface area contributed by atoms with E-state index in [9.17, 15) is 8.42 Å². The van der Waals surface area contributed by atoms with Gasteiger partial charge in [0.05, 0.1) is 36.7 Å². The van der Waals surface area contributed by atoms with Crippen LogP contribution in [0.4, 0.5) is 11.8 Å². The minimum Gasteiger partial charge on any atom is -0.377 e. The maximum atomic E-state index is 12.1. The molecule has 0 aliphatic carbocycles. The number of sulfonamides is 1. The first kappa shape index (κ1) is 25.7. The zero-order valence-corrected chi connectivity index (χ0v) is 23.2. The lowest BCUT2D eigenvalue weighted by atomic mass is 10.0. The fourth-order valence-corrected chi connectivity index (χ4v) is 6.37. The molecule has 10 nitrogen and oxygen atoms in total. The number of benzene rings is 2. The normalized spacial score (nSPS) is 19.1. The first-order chi connectivity index (χ1) is 18.8. The highest BCUT2D eigenvalue weighted by molar-refractivity contribution is 7.88. The Morgan fingerprint density at radius 3 is 2.41 bits per heavy atom. The van der Waals surface area contributed by atoms with Gasteiger partial charge in [-0.3, -0.25) is 0 Å².